The van der Waals surface area contributed by atoms with Crippen LogP contribution in [0.3, 0.4) is 0 Å². The van der Waals surface area contributed by atoms with E-state index in [9.17, 15) is 9.59 Å². The lowest BCUT2D eigenvalue weighted by molar-refractivity contribution is -0.222. The van der Waals surface area contributed by atoms with Crippen molar-refractivity contribution in [2.45, 2.75) is 26.4 Å². The molecular formula is C11H18O5. The molecule has 0 aromatic heterocycles. The van der Waals surface area contributed by atoms with Crippen molar-refractivity contribution >= 4 is 11.9 Å². The normalized spacial score (nSPS) is 25.4. The number of esters is 2. The lowest BCUT2D eigenvalue weighted by Gasteiger charge is -2.55. The van der Waals surface area contributed by atoms with Crippen molar-refractivity contribution in [1.29, 1.82) is 0 Å². The van der Waals surface area contributed by atoms with Crippen molar-refractivity contribution in [3.05, 3.63) is 0 Å². The molecule has 1 unspecified atom stereocenters. The van der Waals surface area contributed by atoms with Crippen LogP contribution in [0.4, 0.5) is 0 Å². The molecular weight excluding hydrogens is 212 g/mol. The van der Waals surface area contributed by atoms with Crippen LogP contribution in [-0.4, -0.2) is 39.4 Å². The largest absolute Gasteiger partial charge is 0.468 e. The summed E-state index contributed by atoms with van der Waals surface area (Å²) < 4.78 is 14.6. The number of carbonyl (C=O) groups is 2. The van der Waals surface area contributed by atoms with Crippen molar-refractivity contribution in [1.82, 2.24) is 0 Å². The molecule has 0 bridgehead atoms. The van der Waals surface area contributed by atoms with Gasteiger partial charge in [0, 0.05) is 7.11 Å². The zero-order valence-electron chi connectivity index (χ0n) is 10.3. The Bertz CT molecular complexity index is 291. The van der Waals surface area contributed by atoms with Gasteiger partial charge < -0.3 is 14.2 Å². The molecule has 0 saturated heterocycles. The highest BCUT2D eigenvalue weighted by Gasteiger charge is 2.69. The van der Waals surface area contributed by atoms with Gasteiger partial charge >= 0.3 is 11.9 Å². The molecule has 5 heteroatoms. The Kier molecular flexibility index (Phi) is 3.28. The summed E-state index contributed by atoms with van der Waals surface area (Å²) in [6.07, 6.45) is -0.141. The molecule has 1 saturated carbocycles. The molecule has 16 heavy (non-hydrogen) atoms. The zero-order valence-corrected chi connectivity index (χ0v) is 10.3. The van der Waals surface area contributed by atoms with Crippen molar-refractivity contribution < 1.29 is 23.8 Å². The molecule has 0 radical (unpaired) electrons. The van der Waals surface area contributed by atoms with E-state index < -0.39 is 23.5 Å². The molecule has 0 aromatic carbocycles. The SMILES string of the molecule is COC(=O)C1(C(=O)OC)CC(C)(C)C1OC. The van der Waals surface area contributed by atoms with Gasteiger partial charge in [0.05, 0.1) is 20.3 Å². The van der Waals surface area contributed by atoms with Gasteiger partial charge in [-0.05, 0) is 11.8 Å². The fourth-order valence-electron chi connectivity index (χ4n) is 2.77. The van der Waals surface area contributed by atoms with Gasteiger partial charge in [-0.2, -0.15) is 0 Å². The number of carbonyl (C=O) groups excluding carboxylic acids is 2. The molecule has 5 nitrogen and oxygen atoms in total. The van der Waals surface area contributed by atoms with Gasteiger partial charge in [-0.15, -0.1) is 0 Å². The third-order valence-electron chi connectivity index (χ3n) is 3.23. The second kappa shape index (κ2) is 4.05. The van der Waals surface area contributed by atoms with E-state index in [1.807, 2.05) is 13.8 Å². The van der Waals surface area contributed by atoms with Crippen LogP contribution < -0.4 is 0 Å². The van der Waals surface area contributed by atoms with Crippen LogP contribution in [0, 0.1) is 10.8 Å². The van der Waals surface area contributed by atoms with Crippen LogP contribution in [0.15, 0.2) is 0 Å². The predicted octanol–water partition coefficient (Wildman–Crippen LogP) is 0.764. The molecule has 92 valence electrons. The lowest BCUT2D eigenvalue weighted by atomic mass is 9.51. The molecule has 0 N–H and O–H groups in total. The lowest BCUT2D eigenvalue weighted by Crippen LogP contribution is -2.67. The molecule has 1 aliphatic carbocycles. The third-order valence-corrected chi connectivity index (χ3v) is 3.23. The quantitative estimate of drug-likeness (QED) is 0.529. The Morgan fingerprint density at radius 1 is 1.06 bits per heavy atom. The molecule has 1 atom stereocenters. The number of ether oxygens (including phenoxy) is 3. The maximum Gasteiger partial charge on any atom is 0.325 e. The number of hydrogen-bond donors (Lipinski definition) is 0. The first kappa shape index (κ1) is 13.0. The Labute approximate surface area is 95.0 Å². The fraction of sp³-hybridized carbons (Fsp3) is 0.818. The topological polar surface area (TPSA) is 61.8 Å². The van der Waals surface area contributed by atoms with E-state index >= 15 is 0 Å². The van der Waals surface area contributed by atoms with Crippen LogP contribution in [0.1, 0.15) is 20.3 Å². The van der Waals surface area contributed by atoms with Gasteiger partial charge in [-0.1, -0.05) is 13.8 Å². The monoisotopic (exact) mass is 230 g/mol. The van der Waals surface area contributed by atoms with E-state index in [0.29, 0.717) is 6.42 Å². The first-order valence-electron chi connectivity index (χ1n) is 5.06. The average molecular weight is 230 g/mol. The van der Waals surface area contributed by atoms with Crippen molar-refractivity contribution in [3.8, 4) is 0 Å². The Morgan fingerprint density at radius 3 is 1.75 bits per heavy atom. The van der Waals surface area contributed by atoms with Gasteiger partial charge in [0.2, 0.25) is 0 Å². The van der Waals surface area contributed by atoms with E-state index in [1.165, 1.54) is 21.3 Å². The summed E-state index contributed by atoms with van der Waals surface area (Å²) in [5.74, 6) is -1.18. The second-order valence-corrected chi connectivity index (χ2v) is 4.74. The summed E-state index contributed by atoms with van der Waals surface area (Å²) in [6, 6.07) is 0. The predicted molar refractivity (Wildman–Crippen MR) is 55.7 cm³/mol. The molecule has 0 aromatic rings. The highest BCUT2D eigenvalue weighted by Crippen LogP contribution is 2.56. The molecule has 0 amide bonds. The van der Waals surface area contributed by atoms with E-state index in [0.717, 1.165) is 0 Å². The maximum atomic E-state index is 11.8. The number of hydrogen-bond acceptors (Lipinski definition) is 5. The summed E-state index contributed by atoms with van der Waals surface area (Å²) in [4.78, 5) is 23.5. The Hall–Kier alpha value is -1.10. The average Bonchev–Trinajstić information content (AvgIpc) is 2.24. The minimum Gasteiger partial charge on any atom is -0.468 e. The maximum absolute atomic E-state index is 11.8. The minimum atomic E-state index is -1.30. The molecule has 1 rings (SSSR count). The van der Waals surface area contributed by atoms with Crippen LogP contribution in [-0.2, 0) is 23.8 Å². The van der Waals surface area contributed by atoms with E-state index in [4.69, 9.17) is 4.74 Å². The standard InChI is InChI=1S/C11H18O5/c1-10(2)6-11(7(10)14-3,8(12)15-4)9(13)16-5/h7H,6H2,1-5H3. The zero-order chi connectivity index (χ0) is 12.6. The summed E-state index contributed by atoms with van der Waals surface area (Å²) in [5.41, 5.74) is -1.54. The van der Waals surface area contributed by atoms with Crippen molar-refractivity contribution in [2.24, 2.45) is 10.8 Å². The second-order valence-electron chi connectivity index (χ2n) is 4.74. The summed E-state index contributed by atoms with van der Waals surface area (Å²) >= 11 is 0. The molecule has 1 fully saturated rings. The van der Waals surface area contributed by atoms with Crippen LogP contribution in [0.25, 0.3) is 0 Å². The highest BCUT2D eigenvalue weighted by atomic mass is 16.6. The minimum absolute atomic E-state index is 0.239. The van der Waals surface area contributed by atoms with Gasteiger partial charge in [0.1, 0.15) is 0 Å². The van der Waals surface area contributed by atoms with E-state index in [2.05, 4.69) is 9.47 Å². The Balaban J connectivity index is 3.09. The van der Waals surface area contributed by atoms with E-state index in [-0.39, 0.29) is 5.41 Å². The number of methoxy groups -OCH3 is 3. The van der Waals surface area contributed by atoms with E-state index in [1.54, 1.807) is 0 Å². The first-order valence-corrected chi connectivity index (χ1v) is 5.06. The molecule has 0 heterocycles. The third kappa shape index (κ3) is 1.50. The molecule has 1 aliphatic rings. The fourth-order valence-corrected chi connectivity index (χ4v) is 2.77. The molecule has 0 aliphatic heterocycles. The van der Waals surface area contributed by atoms with Crippen LogP contribution in [0.5, 0.6) is 0 Å². The smallest absolute Gasteiger partial charge is 0.325 e. The highest BCUT2D eigenvalue weighted by molar-refractivity contribution is 6.02. The van der Waals surface area contributed by atoms with Crippen LogP contribution >= 0.6 is 0 Å². The Morgan fingerprint density at radius 2 is 1.50 bits per heavy atom. The number of rotatable bonds is 3. The van der Waals surface area contributed by atoms with Gasteiger partial charge in [0.15, 0.2) is 5.41 Å². The summed E-state index contributed by atoms with van der Waals surface area (Å²) in [7, 11) is 3.99. The molecule has 0 spiro atoms. The first-order chi connectivity index (χ1) is 7.36. The van der Waals surface area contributed by atoms with Gasteiger partial charge in [-0.25, -0.2) is 0 Å². The van der Waals surface area contributed by atoms with Gasteiger partial charge in [-0.3, -0.25) is 9.59 Å². The van der Waals surface area contributed by atoms with Crippen molar-refractivity contribution in [3.63, 3.8) is 0 Å². The van der Waals surface area contributed by atoms with Crippen LogP contribution in [0.2, 0.25) is 0 Å². The van der Waals surface area contributed by atoms with Gasteiger partial charge in [0.25, 0.3) is 0 Å². The van der Waals surface area contributed by atoms with Crippen molar-refractivity contribution in [2.75, 3.05) is 21.3 Å². The summed E-state index contributed by atoms with van der Waals surface area (Å²) in [6.45, 7) is 3.87. The summed E-state index contributed by atoms with van der Waals surface area (Å²) in [5, 5.41) is 0.